The van der Waals surface area contributed by atoms with Gasteiger partial charge in [-0.1, -0.05) is 5.92 Å². The fourth-order valence-corrected chi connectivity index (χ4v) is 2.02. The normalized spacial score (nSPS) is 34.6. The van der Waals surface area contributed by atoms with Crippen LogP contribution in [0.5, 0.6) is 0 Å². The van der Waals surface area contributed by atoms with E-state index < -0.39 is 35.8 Å². The van der Waals surface area contributed by atoms with Crippen molar-refractivity contribution in [3.8, 4) is 12.3 Å². The first-order valence-electron chi connectivity index (χ1n) is 5.74. The lowest BCUT2D eigenvalue weighted by molar-refractivity contribution is -0.0945. The van der Waals surface area contributed by atoms with Crippen LogP contribution in [0.1, 0.15) is 13.2 Å². The second-order valence-electron chi connectivity index (χ2n) is 4.52. The molecule has 0 spiro atoms. The van der Waals surface area contributed by atoms with Gasteiger partial charge in [0.2, 0.25) is 5.60 Å². The van der Waals surface area contributed by atoms with Crippen LogP contribution in [0.15, 0.2) is 11.0 Å². The summed E-state index contributed by atoms with van der Waals surface area (Å²) in [5, 5.41) is 33.5. The summed E-state index contributed by atoms with van der Waals surface area (Å²) < 4.78 is 5.94. The van der Waals surface area contributed by atoms with Gasteiger partial charge in [0.25, 0.3) is 0 Å². The summed E-state index contributed by atoms with van der Waals surface area (Å²) in [5.41, 5.74) is 2.18. The number of ether oxygens (including phenoxy) is 1. The molecule has 1 saturated heterocycles. The van der Waals surface area contributed by atoms with Crippen LogP contribution in [0.4, 0.5) is 5.82 Å². The SMILES string of the molecule is C#C[C@@]1(O)C(O)[C@@H]([C@@H](C)O)O[C@H]1n1ncc(N)nc1=O. The second-order valence-corrected chi connectivity index (χ2v) is 4.52. The van der Waals surface area contributed by atoms with Gasteiger partial charge in [-0.2, -0.15) is 14.8 Å². The largest absolute Gasteiger partial charge is 0.391 e. The highest BCUT2D eigenvalue weighted by Gasteiger charge is 2.57. The van der Waals surface area contributed by atoms with Gasteiger partial charge in [0.05, 0.1) is 12.3 Å². The molecule has 1 aliphatic heterocycles. The summed E-state index contributed by atoms with van der Waals surface area (Å²) in [6, 6.07) is 0. The minimum Gasteiger partial charge on any atom is -0.391 e. The summed E-state index contributed by atoms with van der Waals surface area (Å²) in [6.45, 7) is 1.35. The van der Waals surface area contributed by atoms with E-state index in [4.69, 9.17) is 16.9 Å². The average Bonchev–Trinajstić information content (AvgIpc) is 2.64. The third kappa shape index (κ3) is 2.04. The van der Waals surface area contributed by atoms with E-state index in [0.717, 1.165) is 6.20 Å². The molecule has 1 aliphatic rings. The molecule has 0 radical (unpaired) electrons. The van der Waals surface area contributed by atoms with Crippen LogP contribution in [0.25, 0.3) is 0 Å². The first-order valence-corrected chi connectivity index (χ1v) is 5.74. The molecule has 108 valence electrons. The molecule has 9 nitrogen and oxygen atoms in total. The van der Waals surface area contributed by atoms with Gasteiger partial charge < -0.3 is 25.8 Å². The van der Waals surface area contributed by atoms with E-state index in [0.29, 0.717) is 4.68 Å². The Morgan fingerprint density at radius 1 is 1.70 bits per heavy atom. The van der Waals surface area contributed by atoms with Gasteiger partial charge in [0.1, 0.15) is 18.0 Å². The maximum absolute atomic E-state index is 11.7. The molecule has 1 aromatic rings. The molecule has 0 aromatic carbocycles. The zero-order valence-electron chi connectivity index (χ0n) is 10.5. The maximum Gasteiger partial charge on any atom is 0.368 e. The standard InChI is InChI=1S/C11H14N4O5/c1-3-11(19)8(17)7(5(2)16)20-9(11)15-10(18)14-6(12)4-13-15/h1,4-5,7-9,16-17,19H,2H3,(H2,12,14,18)/t5-,7-,8?,9-,11-/m1/s1. The molecule has 0 saturated carbocycles. The second kappa shape index (κ2) is 4.84. The topological polar surface area (TPSA) is 144 Å². The summed E-state index contributed by atoms with van der Waals surface area (Å²) in [5.74, 6) is 1.87. The molecule has 5 N–H and O–H groups in total. The van der Waals surface area contributed by atoms with Crippen molar-refractivity contribution in [2.75, 3.05) is 5.73 Å². The molecule has 20 heavy (non-hydrogen) atoms. The number of nitrogen functional groups attached to an aromatic ring is 1. The van der Waals surface area contributed by atoms with Crippen molar-refractivity contribution >= 4 is 5.82 Å². The van der Waals surface area contributed by atoms with Crippen LogP contribution < -0.4 is 11.4 Å². The van der Waals surface area contributed by atoms with Crippen LogP contribution in [-0.2, 0) is 4.74 Å². The fourth-order valence-electron chi connectivity index (χ4n) is 2.02. The first-order chi connectivity index (χ1) is 9.31. The number of aromatic nitrogens is 3. The predicted molar refractivity (Wildman–Crippen MR) is 66.1 cm³/mol. The average molecular weight is 282 g/mol. The zero-order chi connectivity index (χ0) is 15.1. The van der Waals surface area contributed by atoms with Crippen LogP contribution in [0.3, 0.4) is 0 Å². The van der Waals surface area contributed by atoms with Gasteiger partial charge in [0.15, 0.2) is 6.23 Å². The molecule has 1 fully saturated rings. The number of nitrogens with zero attached hydrogens (tertiary/aromatic N) is 3. The van der Waals surface area contributed by atoms with E-state index in [1.807, 2.05) is 5.92 Å². The number of anilines is 1. The van der Waals surface area contributed by atoms with Crippen LogP contribution in [-0.4, -0.2) is 54.0 Å². The minimum atomic E-state index is -2.23. The number of hydrogen-bond acceptors (Lipinski definition) is 8. The third-order valence-corrected chi connectivity index (χ3v) is 3.09. The number of rotatable bonds is 2. The van der Waals surface area contributed by atoms with Crippen molar-refractivity contribution in [2.45, 2.75) is 37.1 Å². The molecular weight excluding hydrogens is 268 g/mol. The lowest BCUT2D eigenvalue weighted by Crippen LogP contribution is -2.49. The molecule has 2 rings (SSSR count). The first kappa shape index (κ1) is 14.4. The van der Waals surface area contributed by atoms with Crippen LogP contribution >= 0.6 is 0 Å². The molecular formula is C11H14N4O5. The van der Waals surface area contributed by atoms with Crippen molar-refractivity contribution < 1.29 is 20.1 Å². The smallest absolute Gasteiger partial charge is 0.368 e. The Morgan fingerprint density at radius 3 is 2.85 bits per heavy atom. The van der Waals surface area contributed by atoms with E-state index in [2.05, 4.69) is 10.1 Å². The lowest BCUT2D eigenvalue weighted by Gasteiger charge is -2.25. The number of hydrogen-bond donors (Lipinski definition) is 4. The van der Waals surface area contributed by atoms with Gasteiger partial charge in [0, 0.05) is 0 Å². The van der Waals surface area contributed by atoms with E-state index in [1.165, 1.54) is 6.92 Å². The van der Waals surface area contributed by atoms with Gasteiger partial charge in [-0.05, 0) is 6.92 Å². The monoisotopic (exact) mass is 282 g/mol. The quantitative estimate of drug-likeness (QED) is 0.426. The van der Waals surface area contributed by atoms with Crippen LogP contribution in [0.2, 0.25) is 0 Å². The molecule has 9 heteroatoms. The van der Waals surface area contributed by atoms with Crippen molar-refractivity contribution in [1.29, 1.82) is 0 Å². The van der Waals surface area contributed by atoms with E-state index in [-0.39, 0.29) is 5.82 Å². The Hall–Kier alpha value is -1.99. The number of nitrogens with two attached hydrogens (primary N) is 1. The predicted octanol–water partition coefficient (Wildman–Crippen LogP) is -2.78. The zero-order valence-corrected chi connectivity index (χ0v) is 10.5. The van der Waals surface area contributed by atoms with Crippen LogP contribution in [0, 0.1) is 12.3 Å². The number of aliphatic hydroxyl groups is 3. The lowest BCUT2D eigenvalue weighted by atomic mass is 9.93. The summed E-state index contributed by atoms with van der Waals surface area (Å²) >= 11 is 0. The van der Waals surface area contributed by atoms with Gasteiger partial charge in [-0.15, -0.1) is 6.42 Å². The van der Waals surface area contributed by atoms with Crippen molar-refractivity contribution in [3.05, 3.63) is 16.7 Å². The maximum atomic E-state index is 11.7. The van der Waals surface area contributed by atoms with Gasteiger partial charge in [-0.25, -0.2) is 4.79 Å². The Bertz CT molecular complexity index is 610. The summed E-state index contributed by atoms with van der Waals surface area (Å²) in [4.78, 5) is 15.2. The highest BCUT2D eigenvalue weighted by atomic mass is 16.6. The molecule has 5 atom stereocenters. The number of terminal acetylenes is 1. The van der Waals surface area contributed by atoms with Gasteiger partial charge >= 0.3 is 5.69 Å². The fraction of sp³-hybridized carbons (Fsp3) is 0.545. The van der Waals surface area contributed by atoms with Crippen molar-refractivity contribution in [1.82, 2.24) is 14.8 Å². The number of aliphatic hydroxyl groups excluding tert-OH is 2. The molecule has 0 bridgehead atoms. The minimum absolute atomic E-state index is 0.110. The van der Waals surface area contributed by atoms with Crippen molar-refractivity contribution in [3.63, 3.8) is 0 Å². The Kier molecular flexibility index (Phi) is 3.49. The summed E-state index contributed by atoms with van der Waals surface area (Å²) in [7, 11) is 0. The van der Waals surface area contributed by atoms with E-state index >= 15 is 0 Å². The van der Waals surface area contributed by atoms with Crippen molar-refractivity contribution in [2.24, 2.45) is 0 Å². The Balaban J connectivity index is 2.50. The molecule has 1 aromatic heterocycles. The highest BCUT2D eigenvalue weighted by Crippen LogP contribution is 2.38. The Morgan fingerprint density at radius 2 is 2.35 bits per heavy atom. The Labute approximate surface area is 113 Å². The van der Waals surface area contributed by atoms with E-state index in [1.54, 1.807) is 0 Å². The third-order valence-electron chi connectivity index (χ3n) is 3.09. The summed E-state index contributed by atoms with van der Waals surface area (Å²) in [6.07, 6.45) is 0.922. The molecule has 0 aliphatic carbocycles. The van der Waals surface area contributed by atoms with E-state index in [9.17, 15) is 20.1 Å². The molecule has 1 unspecified atom stereocenters. The molecule has 2 heterocycles. The molecule has 0 amide bonds. The van der Waals surface area contributed by atoms with Gasteiger partial charge in [-0.3, -0.25) is 0 Å². The highest BCUT2D eigenvalue weighted by molar-refractivity contribution is 5.22.